The minimum absolute atomic E-state index is 0.0767. The Bertz CT molecular complexity index is 862. The van der Waals surface area contributed by atoms with Gasteiger partial charge in [0.05, 0.1) is 12.1 Å². The highest BCUT2D eigenvalue weighted by atomic mass is 35.5. The van der Waals surface area contributed by atoms with Crippen LogP contribution in [-0.4, -0.2) is 39.6 Å². The van der Waals surface area contributed by atoms with Crippen LogP contribution in [0.15, 0.2) is 24.3 Å². The lowest BCUT2D eigenvalue weighted by atomic mass is 10.00. The number of carbonyl (C=O) groups is 2. The van der Waals surface area contributed by atoms with E-state index in [9.17, 15) is 9.59 Å². The van der Waals surface area contributed by atoms with Gasteiger partial charge in [-0.3, -0.25) is 14.3 Å². The first kappa shape index (κ1) is 19.4. The summed E-state index contributed by atoms with van der Waals surface area (Å²) in [5, 5.41) is 7.89. The average molecular weight is 389 g/mol. The van der Waals surface area contributed by atoms with E-state index in [0.717, 1.165) is 29.8 Å². The molecule has 144 valence electrons. The Labute approximate surface area is 164 Å². The van der Waals surface area contributed by atoms with Gasteiger partial charge in [-0.2, -0.15) is 5.10 Å². The summed E-state index contributed by atoms with van der Waals surface area (Å²) in [5.41, 5.74) is 3.65. The number of rotatable bonds is 5. The highest BCUT2D eigenvalue weighted by Gasteiger charge is 2.36. The van der Waals surface area contributed by atoms with Crippen LogP contribution in [0, 0.1) is 0 Å². The summed E-state index contributed by atoms with van der Waals surface area (Å²) in [6, 6.07) is 6.49. The third-order valence-electron chi connectivity index (χ3n) is 5.09. The van der Waals surface area contributed by atoms with Crippen molar-refractivity contribution in [3.8, 4) is 0 Å². The third kappa shape index (κ3) is 3.72. The van der Waals surface area contributed by atoms with Crippen molar-refractivity contribution in [3.63, 3.8) is 0 Å². The van der Waals surface area contributed by atoms with Crippen LogP contribution in [0.4, 0.5) is 0 Å². The maximum atomic E-state index is 13.2. The summed E-state index contributed by atoms with van der Waals surface area (Å²) >= 11 is 6.32. The minimum atomic E-state index is -0.702. The molecule has 2 amide bonds. The van der Waals surface area contributed by atoms with Crippen molar-refractivity contribution in [1.29, 1.82) is 0 Å². The van der Waals surface area contributed by atoms with Gasteiger partial charge in [0.1, 0.15) is 6.04 Å². The number of piperazine rings is 1. The van der Waals surface area contributed by atoms with Crippen molar-refractivity contribution in [2.45, 2.75) is 39.2 Å². The summed E-state index contributed by atoms with van der Waals surface area (Å²) in [6.07, 6.45) is 1.82. The number of benzene rings is 1. The van der Waals surface area contributed by atoms with Gasteiger partial charge < -0.3 is 10.2 Å². The molecule has 0 saturated carbocycles. The molecule has 1 fully saturated rings. The number of aryl methyl sites for hydroxylation is 2. The number of hydrogen-bond acceptors (Lipinski definition) is 3. The molecular formula is C20H25ClN4O2. The van der Waals surface area contributed by atoms with Crippen LogP contribution in [0.5, 0.6) is 0 Å². The fourth-order valence-corrected chi connectivity index (χ4v) is 4.03. The summed E-state index contributed by atoms with van der Waals surface area (Å²) in [5.74, 6) is -0.271. The van der Waals surface area contributed by atoms with Gasteiger partial charge in [-0.15, -0.1) is 0 Å². The van der Waals surface area contributed by atoms with Gasteiger partial charge in [-0.05, 0) is 18.9 Å². The second-order valence-electron chi connectivity index (χ2n) is 6.68. The fourth-order valence-electron chi connectivity index (χ4n) is 3.79. The molecule has 1 unspecified atom stereocenters. The maximum absolute atomic E-state index is 13.2. The third-order valence-corrected chi connectivity index (χ3v) is 5.43. The Morgan fingerprint density at radius 2 is 2.04 bits per heavy atom. The summed E-state index contributed by atoms with van der Waals surface area (Å²) in [6.45, 7) is 5.01. The number of aromatic nitrogens is 2. The number of nitrogens with zero attached hydrogens (tertiary/aromatic N) is 3. The van der Waals surface area contributed by atoms with Crippen molar-refractivity contribution in [2.75, 3.05) is 13.1 Å². The Kier molecular flexibility index (Phi) is 5.85. The van der Waals surface area contributed by atoms with Crippen LogP contribution >= 0.6 is 11.6 Å². The smallest absolute Gasteiger partial charge is 0.247 e. The molecule has 0 radical (unpaired) electrons. The molecule has 27 heavy (non-hydrogen) atoms. The van der Waals surface area contributed by atoms with E-state index in [-0.39, 0.29) is 18.2 Å². The molecule has 1 atom stereocenters. The molecule has 0 bridgehead atoms. The van der Waals surface area contributed by atoms with Crippen LogP contribution in [0.25, 0.3) is 0 Å². The molecule has 6 nitrogen and oxygen atoms in total. The van der Waals surface area contributed by atoms with Crippen molar-refractivity contribution in [3.05, 3.63) is 51.8 Å². The molecule has 1 saturated heterocycles. The number of amides is 2. The van der Waals surface area contributed by atoms with E-state index in [2.05, 4.69) is 17.3 Å². The SMILES string of the molecule is CCc1nn(C)c(CC)c1CC(=O)N1CCNC(=O)C1c1ccccc1Cl. The zero-order chi connectivity index (χ0) is 19.6. The van der Waals surface area contributed by atoms with E-state index >= 15 is 0 Å². The van der Waals surface area contributed by atoms with E-state index in [1.807, 2.05) is 30.8 Å². The fraction of sp³-hybridized carbons (Fsp3) is 0.450. The summed E-state index contributed by atoms with van der Waals surface area (Å²) in [7, 11) is 1.91. The molecule has 1 N–H and O–H groups in total. The molecule has 7 heteroatoms. The van der Waals surface area contributed by atoms with Crippen LogP contribution in [0.2, 0.25) is 5.02 Å². The lowest BCUT2D eigenvalue weighted by molar-refractivity contribution is -0.143. The predicted octanol–water partition coefficient (Wildman–Crippen LogP) is 2.44. The van der Waals surface area contributed by atoms with E-state index in [1.54, 1.807) is 17.0 Å². The van der Waals surface area contributed by atoms with Crippen LogP contribution in [0.3, 0.4) is 0 Å². The average Bonchev–Trinajstić information content (AvgIpc) is 2.96. The van der Waals surface area contributed by atoms with Gasteiger partial charge in [0.2, 0.25) is 11.8 Å². The summed E-state index contributed by atoms with van der Waals surface area (Å²) < 4.78 is 1.86. The monoisotopic (exact) mass is 388 g/mol. The quantitative estimate of drug-likeness (QED) is 0.855. The Morgan fingerprint density at radius 3 is 2.70 bits per heavy atom. The molecule has 1 aromatic carbocycles. The molecular weight excluding hydrogens is 364 g/mol. The van der Waals surface area contributed by atoms with Gasteiger partial charge in [-0.1, -0.05) is 43.6 Å². The maximum Gasteiger partial charge on any atom is 0.247 e. The van der Waals surface area contributed by atoms with Gasteiger partial charge in [0.25, 0.3) is 0 Å². The van der Waals surface area contributed by atoms with Crippen molar-refractivity contribution < 1.29 is 9.59 Å². The summed E-state index contributed by atoms with van der Waals surface area (Å²) in [4.78, 5) is 27.4. The molecule has 2 heterocycles. The minimum Gasteiger partial charge on any atom is -0.352 e. The molecule has 0 spiro atoms. The Hall–Kier alpha value is -2.34. The van der Waals surface area contributed by atoms with Gasteiger partial charge in [-0.25, -0.2) is 0 Å². The molecule has 1 aromatic heterocycles. The standard InChI is InChI=1S/C20H25ClN4O2/c1-4-16-14(17(5-2)24(3)23-16)12-18(26)25-11-10-22-20(27)19(25)13-8-6-7-9-15(13)21/h6-9,19H,4-5,10-12H2,1-3H3,(H,22,27). The number of nitrogens with one attached hydrogen (secondary N) is 1. The topological polar surface area (TPSA) is 67.2 Å². The van der Waals surface area contributed by atoms with Gasteiger partial charge in [0.15, 0.2) is 0 Å². The van der Waals surface area contributed by atoms with Crippen LogP contribution in [0.1, 0.15) is 42.4 Å². The zero-order valence-corrected chi connectivity index (χ0v) is 16.7. The number of halogens is 1. The van der Waals surface area contributed by atoms with E-state index in [4.69, 9.17) is 11.6 Å². The molecule has 2 aromatic rings. The first-order chi connectivity index (χ1) is 13.0. The van der Waals surface area contributed by atoms with E-state index in [0.29, 0.717) is 23.7 Å². The van der Waals surface area contributed by atoms with Gasteiger partial charge in [0, 0.05) is 42.0 Å². The Morgan fingerprint density at radius 1 is 1.30 bits per heavy atom. The Balaban J connectivity index is 1.93. The van der Waals surface area contributed by atoms with Crippen molar-refractivity contribution >= 4 is 23.4 Å². The lowest BCUT2D eigenvalue weighted by Crippen LogP contribution is -2.52. The second kappa shape index (κ2) is 8.13. The first-order valence-electron chi connectivity index (χ1n) is 9.33. The largest absolute Gasteiger partial charge is 0.352 e. The highest BCUT2D eigenvalue weighted by Crippen LogP contribution is 2.30. The van der Waals surface area contributed by atoms with E-state index < -0.39 is 6.04 Å². The normalized spacial score (nSPS) is 17.1. The predicted molar refractivity (Wildman–Crippen MR) is 105 cm³/mol. The molecule has 3 rings (SSSR count). The molecule has 1 aliphatic heterocycles. The number of carbonyl (C=O) groups excluding carboxylic acids is 2. The van der Waals surface area contributed by atoms with Crippen LogP contribution in [-0.2, 0) is 35.9 Å². The second-order valence-corrected chi connectivity index (χ2v) is 7.09. The molecule has 1 aliphatic rings. The number of hydrogen-bond donors (Lipinski definition) is 1. The van der Waals surface area contributed by atoms with Crippen molar-refractivity contribution in [1.82, 2.24) is 20.0 Å². The van der Waals surface area contributed by atoms with E-state index in [1.165, 1.54) is 0 Å². The highest BCUT2D eigenvalue weighted by molar-refractivity contribution is 6.31. The molecule has 0 aliphatic carbocycles. The first-order valence-corrected chi connectivity index (χ1v) is 9.70. The van der Waals surface area contributed by atoms with Gasteiger partial charge >= 0.3 is 0 Å². The van der Waals surface area contributed by atoms with Crippen molar-refractivity contribution in [2.24, 2.45) is 7.05 Å². The lowest BCUT2D eigenvalue weighted by Gasteiger charge is -2.35. The zero-order valence-electron chi connectivity index (χ0n) is 16.0. The van der Waals surface area contributed by atoms with Crippen LogP contribution < -0.4 is 5.32 Å².